The van der Waals surface area contributed by atoms with Crippen molar-refractivity contribution in [2.24, 2.45) is 0 Å². The van der Waals surface area contributed by atoms with Crippen molar-refractivity contribution >= 4 is 5.57 Å². The summed E-state index contributed by atoms with van der Waals surface area (Å²) in [4.78, 5) is 0. The molecule has 0 heteroatoms. The van der Waals surface area contributed by atoms with E-state index in [2.05, 4.69) is 50.8 Å². The number of allylic oxidation sites excluding steroid dienone is 3. The lowest BCUT2D eigenvalue weighted by Crippen LogP contribution is -1.83. The lowest BCUT2D eigenvalue weighted by atomic mass is 10.0. The Morgan fingerprint density at radius 1 is 1.46 bits per heavy atom. The standard InChI is InChI=1S/C13H16/c1-4-7-12(5-2)13-9-6-8-11(3)10-13/h4,6-10H,1,5H2,2-3H3. The first-order chi connectivity index (χ1) is 6.27. The Balaban J connectivity index is 3.05. The zero-order valence-electron chi connectivity index (χ0n) is 8.38. The van der Waals surface area contributed by atoms with Crippen LogP contribution in [0.15, 0.2) is 43.0 Å². The molecule has 0 unspecified atom stereocenters. The normalized spacial score (nSPS) is 11.4. The summed E-state index contributed by atoms with van der Waals surface area (Å²) in [6, 6.07) is 8.56. The largest absolute Gasteiger partial charge is 0.0991 e. The molecule has 1 rings (SSSR count). The van der Waals surface area contributed by atoms with Crippen molar-refractivity contribution in [3.8, 4) is 0 Å². The minimum Gasteiger partial charge on any atom is -0.0991 e. The second kappa shape index (κ2) is 4.66. The lowest BCUT2D eigenvalue weighted by Gasteiger charge is -2.04. The SMILES string of the molecule is C=CC=C(CC)c1cccc(C)c1. The molecule has 0 radical (unpaired) electrons. The van der Waals surface area contributed by atoms with Gasteiger partial charge >= 0.3 is 0 Å². The topological polar surface area (TPSA) is 0 Å². The van der Waals surface area contributed by atoms with Gasteiger partial charge in [0.25, 0.3) is 0 Å². The molecule has 0 nitrogen and oxygen atoms in total. The minimum absolute atomic E-state index is 1.05. The Labute approximate surface area is 80.6 Å². The second-order valence-corrected chi connectivity index (χ2v) is 3.15. The molecule has 1 aromatic carbocycles. The van der Waals surface area contributed by atoms with Gasteiger partial charge in [-0.2, -0.15) is 0 Å². The smallest absolute Gasteiger partial charge is 0.0222 e. The van der Waals surface area contributed by atoms with Crippen molar-refractivity contribution in [3.05, 3.63) is 54.1 Å². The van der Waals surface area contributed by atoms with Gasteiger partial charge in [0.15, 0.2) is 0 Å². The van der Waals surface area contributed by atoms with Crippen molar-refractivity contribution in [2.75, 3.05) is 0 Å². The highest BCUT2D eigenvalue weighted by Crippen LogP contribution is 2.18. The average Bonchev–Trinajstić information content (AvgIpc) is 2.14. The van der Waals surface area contributed by atoms with Gasteiger partial charge in [-0.15, -0.1) is 0 Å². The number of benzene rings is 1. The molecule has 0 aliphatic carbocycles. The molecule has 0 amide bonds. The van der Waals surface area contributed by atoms with Gasteiger partial charge in [-0.25, -0.2) is 0 Å². The van der Waals surface area contributed by atoms with E-state index in [1.54, 1.807) is 0 Å². The van der Waals surface area contributed by atoms with E-state index < -0.39 is 0 Å². The third-order valence-electron chi connectivity index (χ3n) is 2.09. The van der Waals surface area contributed by atoms with Gasteiger partial charge in [-0.05, 0) is 24.5 Å². The van der Waals surface area contributed by atoms with Crippen LogP contribution in [-0.4, -0.2) is 0 Å². The molecule has 0 atom stereocenters. The fourth-order valence-corrected chi connectivity index (χ4v) is 1.41. The molecule has 0 aliphatic rings. The lowest BCUT2D eigenvalue weighted by molar-refractivity contribution is 1.23. The molecule has 0 spiro atoms. The molecule has 0 heterocycles. The zero-order valence-corrected chi connectivity index (χ0v) is 8.38. The first kappa shape index (κ1) is 9.79. The van der Waals surface area contributed by atoms with Crippen LogP contribution in [0.4, 0.5) is 0 Å². The van der Waals surface area contributed by atoms with E-state index in [-0.39, 0.29) is 0 Å². The van der Waals surface area contributed by atoms with Crippen LogP contribution in [0.3, 0.4) is 0 Å². The Bertz CT molecular complexity index is 319. The maximum absolute atomic E-state index is 3.72. The first-order valence-corrected chi connectivity index (χ1v) is 4.66. The van der Waals surface area contributed by atoms with E-state index >= 15 is 0 Å². The minimum atomic E-state index is 1.05. The molecule has 0 saturated carbocycles. The molecule has 0 fully saturated rings. The molecule has 0 saturated heterocycles. The maximum Gasteiger partial charge on any atom is -0.0222 e. The van der Waals surface area contributed by atoms with Crippen molar-refractivity contribution in [2.45, 2.75) is 20.3 Å². The van der Waals surface area contributed by atoms with E-state index in [9.17, 15) is 0 Å². The molecule has 0 N–H and O–H groups in total. The summed E-state index contributed by atoms with van der Waals surface area (Å²) >= 11 is 0. The fourth-order valence-electron chi connectivity index (χ4n) is 1.41. The molecular weight excluding hydrogens is 156 g/mol. The monoisotopic (exact) mass is 172 g/mol. The van der Waals surface area contributed by atoms with Crippen molar-refractivity contribution in [1.29, 1.82) is 0 Å². The Kier molecular flexibility index (Phi) is 3.51. The van der Waals surface area contributed by atoms with Crippen LogP contribution in [0.2, 0.25) is 0 Å². The summed E-state index contributed by atoms with van der Waals surface area (Å²) in [5.41, 5.74) is 3.96. The quantitative estimate of drug-likeness (QED) is 0.605. The number of aryl methyl sites for hydroxylation is 1. The maximum atomic E-state index is 3.72. The highest BCUT2D eigenvalue weighted by molar-refractivity contribution is 5.67. The van der Waals surface area contributed by atoms with E-state index in [1.165, 1.54) is 16.7 Å². The summed E-state index contributed by atoms with van der Waals surface area (Å²) in [6.07, 6.45) is 4.98. The predicted molar refractivity (Wildman–Crippen MR) is 59.6 cm³/mol. The molecule has 0 aliphatic heterocycles. The first-order valence-electron chi connectivity index (χ1n) is 4.66. The number of hydrogen-bond acceptors (Lipinski definition) is 0. The molecule has 0 aromatic heterocycles. The van der Waals surface area contributed by atoms with E-state index in [0.29, 0.717) is 0 Å². The van der Waals surface area contributed by atoms with Crippen LogP contribution in [0, 0.1) is 6.92 Å². The zero-order chi connectivity index (χ0) is 9.68. The summed E-state index contributed by atoms with van der Waals surface area (Å²) in [6.45, 7) is 8.00. The van der Waals surface area contributed by atoms with Gasteiger partial charge in [0.1, 0.15) is 0 Å². The summed E-state index contributed by atoms with van der Waals surface area (Å²) in [5, 5.41) is 0. The van der Waals surface area contributed by atoms with Crippen LogP contribution in [-0.2, 0) is 0 Å². The average molecular weight is 172 g/mol. The fraction of sp³-hybridized carbons (Fsp3) is 0.231. The third-order valence-corrected chi connectivity index (χ3v) is 2.09. The summed E-state index contributed by atoms with van der Waals surface area (Å²) in [7, 11) is 0. The van der Waals surface area contributed by atoms with Gasteiger partial charge in [0, 0.05) is 0 Å². The van der Waals surface area contributed by atoms with E-state index in [0.717, 1.165) is 6.42 Å². The van der Waals surface area contributed by atoms with Crippen LogP contribution >= 0.6 is 0 Å². The molecule has 0 bridgehead atoms. The second-order valence-electron chi connectivity index (χ2n) is 3.15. The third kappa shape index (κ3) is 2.59. The van der Waals surface area contributed by atoms with Crippen LogP contribution in [0.5, 0.6) is 0 Å². The van der Waals surface area contributed by atoms with Crippen molar-refractivity contribution in [1.82, 2.24) is 0 Å². The molecular formula is C13H16. The number of rotatable bonds is 3. The van der Waals surface area contributed by atoms with E-state index in [1.807, 2.05) is 6.08 Å². The Hall–Kier alpha value is -1.30. The van der Waals surface area contributed by atoms with Crippen LogP contribution < -0.4 is 0 Å². The predicted octanol–water partition coefficient (Wildman–Crippen LogP) is 3.97. The Morgan fingerprint density at radius 2 is 2.23 bits per heavy atom. The highest BCUT2D eigenvalue weighted by atomic mass is 14.0. The van der Waals surface area contributed by atoms with Crippen LogP contribution in [0.1, 0.15) is 24.5 Å². The van der Waals surface area contributed by atoms with E-state index in [4.69, 9.17) is 0 Å². The molecule has 68 valence electrons. The van der Waals surface area contributed by atoms with Crippen molar-refractivity contribution in [3.63, 3.8) is 0 Å². The van der Waals surface area contributed by atoms with Gasteiger partial charge in [-0.1, -0.05) is 55.5 Å². The van der Waals surface area contributed by atoms with Gasteiger partial charge in [0.05, 0.1) is 0 Å². The summed E-state index contributed by atoms with van der Waals surface area (Å²) in [5.74, 6) is 0. The summed E-state index contributed by atoms with van der Waals surface area (Å²) < 4.78 is 0. The molecule has 1 aromatic rings. The highest BCUT2D eigenvalue weighted by Gasteiger charge is 1.97. The number of hydrogen-bond donors (Lipinski definition) is 0. The van der Waals surface area contributed by atoms with Gasteiger partial charge in [0.2, 0.25) is 0 Å². The van der Waals surface area contributed by atoms with Gasteiger partial charge in [-0.3, -0.25) is 0 Å². The van der Waals surface area contributed by atoms with Crippen LogP contribution in [0.25, 0.3) is 5.57 Å². The van der Waals surface area contributed by atoms with Crippen molar-refractivity contribution < 1.29 is 0 Å². The molecule has 13 heavy (non-hydrogen) atoms. The Morgan fingerprint density at radius 3 is 2.77 bits per heavy atom. The van der Waals surface area contributed by atoms with Gasteiger partial charge < -0.3 is 0 Å².